The summed E-state index contributed by atoms with van der Waals surface area (Å²) >= 11 is 1.66. The number of aliphatic carboxylic acids is 1. The van der Waals surface area contributed by atoms with Crippen LogP contribution < -0.4 is 0 Å². The third kappa shape index (κ3) is 1.60. The van der Waals surface area contributed by atoms with E-state index in [2.05, 4.69) is 0 Å². The highest BCUT2D eigenvalue weighted by Gasteiger charge is 2.39. The Morgan fingerprint density at radius 1 is 1.42 bits per heavy atom. The molecule has 0 aromatic rings. The standard InChI is InChI=1S/C9H14O2S/c10-9(11)5-12-8-4-6-1-2-7(8)3-6/h6-8H,1-5H2,(H,10,11). The lowest BCUT2D eigenvalue weighted by Gasteiger charge is -2.19. The molecular formula is C9H14O2S. The Balaban J connectivity index is 1.79. The lowest BCUT2D eigenvalue weighted by atomic mass is 10.0. The van der Waals surface area contributed by atoms with Gasteiger partial charge in [-0.15, -0.1) is 11.8 Å². The van der Waals surface area contributed by atoms with Gasteiger partial charge in [-0.2, -0.15) is 0 Å². The zero-order valence-corrected chi connectivity index (χ0v) is 7.85. The van der Waals surface area contributed by atoms with Crippen molar-refractivity contribution in [2.24, 2.45) is 11.8 Å². The molecule has 2 aliphatic carbocycles. The van der Waals surface area contributed by atoms with Crippen molar-refractivity contribution < 1.29 is 9.90 Å². The van der Waals surface area contributed by atoms with Crippen LogP contribution in [0.2, 0.25) is 0 Å². The minimum Gasteiger partial charge on any atom is -0.481 e. The van der Waals surface area contributed by atoms with Gasteiger partial charge in [0.1, 0.15) is 0 Å². The summed E-state index contributed by atoms with van der Waals surface area (Å²) < 4.78 is 0. The Morgan fingerprint density at radius 2 is 2.25 bits per heavy atom. The maximum Gasteiger partial charge on any atom is 0.313 e. The summed E-state index contributed by atoms with van der Waals surface area (Å²) in [5.41, 5.74) is 0. The van der Waals surface area contributed by atoms with E-state index in [1.165, 1.54) is 25.7 Å². The van der Waals surface area contributed by atoms with Crippen molar-refractivity contribution in [1.29, 1.82) is 0 Å². The van der Waals surface area contributed by atoms with Gasteiger partial charge in [0, 0.05) is 5.25 Å². The first-order valence-corrected chi connectivity index (χ1v) is 5.64. The molecule has 0 spiro atoms. The van der Waals surface area contributed by atoms with Crippen LogP contribution in [-0.4, -0.2) is 22.1 Å². The van der Waals surface area contributed by atoms with Gasteiger partial charge in [0.2, 0.25) is 0 Å². The van der Waals surface area contributed by atoms with Crippen LogP contribution in [0.1, 0.15) is 25.7 Å². The molecule has 2 nitrogen and oxygen atoms in total. The van der Waals surface area contributed by atoms with Gasteiger partial charge in [0.15, 0.2) is 0 Å². The van der Waals surface area contributed by atoms with Crippen molar-refractivity contribution in [1.82, 2.24) is 0 Å². The van der Waals surface area contributed by atoms with Gasteiger partial charge in [0.25, 0.3) is 0 Å². The molecule has 2 bridgehead atoms. The summed E-state index contributed by atoms with van der Waals surface area (Å²) in [6.07, 6.45) is 5.40. The van der Waals surface area contributed by atoms with E-state index < -0.39 is 5.97 Å². The van der Waals surface area contributed by atoms with Crippen LogP contribution >= 0.6 is 11.8 Å². The Bertz CT molecular complexity index is 193. The number of fused-ring (bicyclic) bond motifs is 2. The maximum atomic E-state index is 10.3. The van der Waals surface area contributed by atoms with Crippen molar-refractivity contribution in [2.45, 2.75) is 30.9 Å². The van der Waals surface area contributed by atoms with Gasteiger partial charge >= 0.3 is 5.97 Å². The second-order valence-electron chi connectivity index (χ2n) is 3.92. The van der Waals surface area contributed by atoms with Gasteiger partial charge in [-0.1, -0.05) is 6.42 Å². The molecule has 0 radical (unpaired) electrons. The summed E-state index contributed by atoms with van der Waals surface area (Å²) in [6, 6.07) is 0. The zero-order valence-electron chi connectivity index (χ0n) is 7.03. The summed E-state index contributed by atoms with van der Waals surface area (Å²) in [4.78, 5) is 10.3. The molecule has 3 atom stereocenters. The first-order valence-electron chi connectivity index (χ1n) is 4.59. The molecule has 0 aromatic heterocycles. The summed E-state index contributed by atoms with van der Waals surface area (Å²) in [6.45, 7) is 0. The van der Waals surface area contributed by atoms with Crippen molar-refractivity contribution >= 4 is 17.7 Å². The van der Waals surface area contributed by atoms with Crippen molar-refractivity contribution in [3.63, 3.8) is 0 Å². The fraction of sp³-hybridized carbons (Fsp3) is 0.889. The van der Waals surface area contributed by atoms with Crippen LogP contribution in [0, 0.1) is 11.8 Å². The topological polar surface area (TPSA) is 37.3 Å². The molecule has 0 amide bonds. The Morgan fingerprint density at radius 3 is 2.75 bits per heavy atom. The molecular weight excluding hydrogens is 172 g/mol. The Hall–Kier alpha value is -0.180. The fourth-order valence-electron chi connectivity index (χ4n) is 2.57. The van der Waals surface area contributed by atoms with Gasteiger partial charge in [-0.25, -0.2) is 0 Å². The molecule has 2 rings (SSSR count). The molecule has 0 heterocycles. The van der Waals surface area contributed by atoms with Crippen molar-refractivity contribution in [3.8, 4) is 0 Å². The minimum absolute atomic E-state index is 0.299. The molecule has 3 heteroatoms. The highest BCUT2D eigenvalue weighted by atomic mass is 32.2. The number of thioether (sulfide) groups is 1. The second-order valence-corrected chi connectivity index (χ2v) is 5.15. The van der Waals surface area contributed by atoms with Crippen LogP contribution in [0.4, 0.5) is 0 Å². The molecule has 3 unspecified atom stereocenters. The predicted molar refractivity (Wildman–Crippen MR) is 49.3 cm³/mol. The van der Waals surface area contributed by atoms with E-state index in [0.717, 1.165) is 11.8 Å². The van der Waals surface area contributed by atoms with E-state index in [1.54, 1.807) is 11.8 Å². The van der Waals surface area contributed by atoms with Gasteiger partial charge in [-0.3, -0.25) is 4.79 Å². The highest BCUT2D eigenvalue weighted by molar-refractivity contribution is 8.00. The number of rotatable bonds is 3. The fourth-order valence-corrected chi connectivity index (χ4v) is 3.85. The number of carboxylic acids is 1. The smallest absolute Gasteiger partial charge is 0.313 e. The molecule has 0 saturated heterocycles. The Labute approximate surface area is 76.7 Å². The lowest BCUT2D eigenvalue weighted by Crippen LogP contribution is -2.15. The summed E-state index contributed by atoms with van der Waals surface area (Å²) in [5.74, 6) is 1.41. The molecule has 68 valence electrons. The number of hydrogen-bond acceptors (Lipinski definition) is 2. The largest absolute Gasteiger partial charge is 0.481 e. The quantitative estimate of drug-likeness (QED) is 0.732. The molecule has 0 aromatic carbocycles. The third-order valence-corrected chi connectivity index (χ3v) is 4.51. The van der Waals surface area contributed by atoms with Crippen LogP contribution in [0.3, 0.4) is 0 Å². The van der Waals surface area contributed by atoms with E-state index in [1.807, 2.05) is 0 Å². The second kappa shape index (κ2) is 3.29. The first kappa shape index (κ1) is 8.42. The molecule has 2 saturated carbocycles. The van der Waals surface area contributed by atoms with E-state index >= 15 is 0 Å². The highest BCUT2D eigenvalue weighted by Crippen LogP contribution is 2.49. The van der Waals surface area contributed by atoms with Gasteiger partial charge < -0.3 is 5.11 Å². The minimum atomic E-state index is -0.664. The first-order chi connectivity index (χ1) is 5.75. The van der Waals surface area contributed by atoms with Crippen LogP contribution in [0.15, 0.2) is 0 Å². The van der Waals surface area contributed by atoms with Crippen molar-refractivity contribution in [3.05, 3.63) is 0 Å². The molecule has 0 aliphatic heterocycles. The number of carboxylic acid groups (broad SMARTS) is 1. The molecule has 1 N–H and O–H groups in total. The molecule has 2 fully saturated rings. The van der Waals surface area contributed by atoms with Gasteiger partial charge in [0.05, 0.1) is 5.75 Å². The summed E-state index contributed by atoms with van der Waals surface area (Å²) in [5, 5.41) is 9.19. The zero-order chi connectivity index (χ0) is 8.55. The van der Waals surface area contributed by atoms with E-state index in [4.69, 9.17) is 5.11 Å². The monoisotopic (exact) mass is 186 g/mol. The van der Waals surface area contributed by atoms with Crippen molar-refractivity contribution in [2.75, 3.05) is 5.75 Å². The number of carbonyl (C=O) groups is 1. The van der Waals surface area contributed by atoms with Crippen LogP contribution in [-0.2, 0) is 4.79 Å². The summed E-state index contributed by atoms with van der Waals surface area (Å²) in [7, 11) is 0. The SMILES string of the molecule is O=C(O)CSC1CC2CCC1C2. The van der Waals surface area contributed by atoms with Crippen LogP contribution in [0.25, 0.3) is 0 Å². The average molecular weight is 186 g/mol. The molecule has 12 heavy (non-hydrogen) atoms. The third-order valence-electron chi connectivity index (χ3n) is 3.09. The van der Waals surface area contributed by atoms with Crippen LogP contribution in [0.5, 0.6) is 0 Å². The maximum absolute atomic E-state index is 10.3. The predicted octanol–water partition coefficient (Wildman–Crippen LogP) is 1.99. The molecule has 2 aliphatic rings. The Kier molecular flexibility index (Phi) is 2.31. The normalized spacial score (nSPS) is 38.8. The van der Waals surface area contributed by atoms with Gasteiger partial charge in [-0.05, 0) is 31.1 Å². The van der Waals surface area contributed by atoms with E-state index in [0.29, 0.717) is 11.0 Å². The van der Waals surface area contributed by atoms with E-state index in [9.17, 15) is 4.79 Å². The average Bonchev–Trinajstić information content (AvgIpc) is 2.60. The van der Waals surface area contributed by atoms with E-state index in [-0.39, 0.29) is 0 Å². The number of hydrogen-bond donors (Lipinski definition) is 1. The lowest BCUT2D eigenvalue weighted by molar-refractivity contribution is -0.133.